The van der Waals surface area contributed by atoms with Crippen molar-refractivity contribution in [3.8, 4) is 0 Å². The highest BCUT2D eigenvalue weighted by molar-refractivity contribution is 4.88. The molecule has 3 fully saturated rings. The van der Waals surface area contributed by atoms with Crippen LogP contribution in [0.4, 0.5) is 0 Å². The molecule has 0 aromatic rings. The lowest BCUT2D eigenvalue weighted by Gasteiger charge is -2.42. The maximum absolute atomic E-state index is 10.6. The average Bonchev–Trinajstić information content (AvgIpc) is 2.47. The van der Waals surface area contributed by atoms with Crippen molar-refractivity contribution in [1.29, 1.82) is 0 Å². The highest BCUT2D eigenvalue weighted by Crippen LogP contribution is 2.44. The Bertz CT molecular complexity index is 257. The van der Waals surface area contributed by atoms with E-state index < -0.39 is 0 Å². The van der Waals surface area contributed by atoms with Crippen LogP contribution in [-0.2, 0) is 4.74 Å². The molecule has 0 bridgehead atoms. The molecule has 1 N–H and O–H groups in total. The summed E-state index contributed by atoms with van der Waals surface area (Å²) >= 11 is 0. The van der Waals surface area contributed by atoms with E-state index >= 15 is 0 Å². The zero-order valence-corrected chi connectivity index (χ0v) is 11.5. The van der Waals surface area contributed by atoms with Crippen LogP contribution >= 0.6 is 0 Å². The third kappa shape index (κ3) is 2.75. The number of aliphatic hydroxyl groups excluding tert-OH is 1. The first-order valence-corrected chi connectivity index (χ1v) is 8.10. The highest BCUT2D eigenvalue weighted by atomic mass is 16.5. The summed E-state index contributed by atoms with van der Waals surface area (Å²) < 4.78 is 5.54. The van der Waals surface area contributed by atoms with Gasteiger partial charge in [0.05, 0.1) is 12.7 Å². The Morgan fingerprint density at radius 3 is 2.44 bits per heavy atom. The van der Waals surface area contributed by atoms with Gasteiger partial charge in [0.15, 0.2) is 0 Å². The van der Waals surface area contributed by atoms with Crippen molar-refractivity contribution < 1.29 is 9.84 Å². The molecule has 3 aliphatic rings. The van der Waals surface area contributed by atoms with Crippen molar-refractivity contribution in [2.24, 2.45) is 23.7 Å². The zero-order valence-electron chi connectivity index (χ0n) is 11.5. The summed E-state index contributed by atoms with van der Waals surface area (Å²) in [6.45, 7) is 1.70. The van der Waals surface area contributed by atoms with Gasteiger partial charge in [0, 0.05) is 12.5 Å². The fourth-order valence-corrected chi connectivity index (χ4v) is 4.64. The lowest BCUT2D eigenvalue weighted by atomic mass is 9.65. The van der Waals surface area contributed by atoms with Gasteiger partial charge in [-0.3, -0.25) is 0 Å². The zero-order chi connectivity index (χ0) is 12.4. The normalized spacial score (nSPS) is 43.2. The quantitative estimate of drug-likeness (QED) is 0.816. The van der Waals surface area contributed by atoms with Crippen molar-refractivity contribution in [1.82, 2.24) is 0 Å². The van der Waals surface area contributed by atoms with Crippen LogP contribution in [0, 0.1) is 23.7 Å². The maximum atomic E-state index is 10.6. The van der Waals surface area contributed by atoms with Gasteiger partial charge in [0.1, 0.15) is 0 Å². The van der Waals surface area contributed by atoms with Gasteiger partial charge < -0.3 is 9.84 Å². The van der Waals surface area contributed by atoms with Gasteiger partial charge in [-0.05, 0) is 49.9 Å². The first-order valence-electron chi connectivity index (χ1n) is 8.10. The number of aliphatic hydroxyl groups is 1. The molecule has 1 heterocycles. The molecule has 0 aromatic carbocycles. The molecule has 5 atom stereocenters. The van der Waals surface area contributed by atoms with Crippen LogP contribution in [0.5, 0.6) is 0 Å². The van der Waals surface area contributed by atoms with Gasteiger partial charge >= 0.3 is 0 Å². The van der Waals surface area contributed by atoms with E-state index in [1.54, 1.807) is 0 Å². The summed E-state index contributed by atoms with van der Waals surface area (Å²) in [5, 5.41) is 10.6. The minimum absolute atomic E-state index is 0.0897. The van der Waals surface area contributed by atoms with Crippen LogP contribution in [0.2, 0.25) is 0 Å². The number of hydrogen-bond donors (Lipinski definition) is 1. The van der Waals surface area contributed by atoms with Crippen LogP contribution in [0.1, 0.15) is 57.8 Å². The molecule has 18 heavy (non-hydrogen) atoms. The van der Waals surface area contributed by atoms with Crippen LogP contribution in [-0.4, -0.2) is 24.4 Å². The van der Waals surface area contributed by atoms with Gasteiger partial charge in [0.25, 0.3) is 0 Å². The van der Waals surface area contributed by atoms with Crippen LogP contribution < -0.4 is 0 Å². The van der Waals surface area contributed by atoms with Gasteiger partial charge in [-0.25, -0.2) is 0 Å². The highest BCUT2D eigenvalue weighted by Gasteiger charge is 2.37. The Labute approximate surface area is 111 Å². The van der Waals surface area contributed by atoms with Gasteiger partial charge in [-0.2, -0.15) is 0 Å². The molecule has 1 saturated heterocycles. The Hall–Kier alpha value is -0.0800. The van der Waals surface area contributed by atoms with Crippen molar-refractivity contribution in [2.75, 3.05) is 13.2 Å². The van der Waals surface area contributed by atoms with E-state index in [4.69, 9.17) is 4.74 Å². The largest absolute Gasteiger partial charge is 0.392 e. The maximum Gasteiger partial charge on any atom is 0.0618 e. The van der Waals surface area contributed by atoms with E-state index in [1.807, 2.05) is 0 Å². The van der Waals surface area contributed by atoms with Crippen LogP contribution in [0.15, 0.2) is 0 Å². The molecule has 2 heteroatoms. The number of hydrogen-bond acceptors (Lipinski definition) is 2. The molecule has 2 saturated carbocycles. The van der Waals surface area contributed by atoms with Crippen molar-refractivity contribution in [2.45, 2.75) is 63.9 Å². The first-order chi connectivity index (χ1) is 8.84. The van der Waals surface area contributed by atoms with Crippen molar-refractivity contribution in [3.05, 3.63) is 0 Å². The van der Waals surface area contributed by atoms with Crippen LogP contribution in [0.25, 0.3) is 0 Å². The second-order valence-electron chi connectivity index (χ2n) is 6.85. The van der Waals surface area contributed by atoms with Crippen molar-refractivity contribution in [3.63, 3.8) is 0 Å². The van der Waals surface area contributed by atoms with E-state index in [0.717, 1.165) is 31.5 Å². The Balaban J connectivity index is 1.55. The smallest absolute Gasteiger partial charge is 0.0618 e. The van der Waals surface area contributed by atoms with E-state index in [1.165, 1.54) is 51.4 Å². The Morgan fingerprint density at radius 2 is 1.67 bits per heavy atom. The molecular weight excluding hydrogens is 224 g/mol. The monoisotopic (exact) mass is 252 g/mol. The molecule has 0 radical (unpaired) electrons. The Morgan fingerprint density at radius 1 is 0.833 bits per heavy atom. The summed E-state index contributed by atoms with van der Waals surface area (Å²) in [4.78, 5) is 0. The first kappa shape index (κ1) is 12.9. The summed E-state index contributed by atoms with van der Waals surface area (Å²) in [7, 11) is 0. The van der Waals surface area contributed by atoms with Crippen LogP contribution in [0.3, 0.4) is 0 Å². The lowest BCUT2D eigenvalue weighted by Crippen LogP contribution is -2.39. The standard InChI is InChI=1S/C16H28O2/c17-16(15-6-3-9-18-11-15)14-8-7-12-4-1-2-5-13(12)10-14/h12-17H,1-11H2. The van der Waals surface area contributed by atoms with E-state index in [9.17, 15) is 5.11 Å². The average molecular weight is 252 g/mol. The molecule has 1 aliphatic heterocycles. The molecule has 0 spiro atoms. The fourth-order valence-electron chi connectivity index (χ4n) is 4.64. The molecule has 3 rings (SSSR count). The number of fused-ring (bicyclic) bond motifs is 1. The van der Waals surface area contributed by atoms with Gasteiger partial charge in [0.2, 0.25) is 0 Å². The molecule has 0 aromatic heterocycles. The minimum Gasteiger partial charge on any atom is -0.392 e. The molecule has 0 amide bonds. The van der Waals surface area contributed by atoms with Gasteiger partial charge in [-0.1, -0.05) is 25.7 Å². The molecular formula is C16H28O2. The third-order valence-electron chi connectivity index (χ3n) is 5.74. The molecule has 104 valence electrons. The minimum atomic E-state index is -0.0897. The predicted molar refractivity (Wildman–Crippen MR) is 72.3 cm³/mol. The second kappa shape index (κ2) is 5.92. The molecule has 2 aliphatic carbocycles. The number of rotatable bonds is 2. The van der Waals surface area contributed by atoms with E-state index in [-0.39, 0.29) is 6.10 Å². The van der Waals surface area contributed by atoms with E-state index in [0.29, 0.717) is 11.8 Å². The SMILES string of the molecule is OC(C1CCCOC1)C1CCC2CCCCC2C1. The summed E-state index contributed by atoms with van der Waals surface area (Å²) in [5.41, 5.74) is 0. The topological polar surface area (TPSA) is 29.5 Å². The van der Waals surface area contributed by atoms with Gasteiger partial charge in [-0.15, -0.1) is 0 Å². The lowest BCUT2D eigenvalue weighted by molar-refractivity contribution is -0.0521. The second-order valence-corrected chi connectivity index (χ2v) is 6.85. The molecule has 5 unspecified atom stereocenters. The van der Waals surface area contributed by atoms with E-state index in [2.05, 4.69) is 0 Å². The van der Waals surface area contributed by atoms with Crippen molar-refractivity contribution >= 4 is 0 Å². The molecule has 2 nitrogen and oxygen atoms in total. The third-order valence-corrected chi connectivity index (χ3v) is 5.74. The Kier molecular flexibility index (Phi) is 4.25. The summed E-state index contributed by atoms with van der Waals surface area (Å²) in [6, 6.07) is 0. The fraction of sp³-hybridized carbons (Fsp3) is 1.00. The number of ether oxygens (including phenoxy) is 1. The predicted octanol–water partition coefficient (Wildman–Crippen LogP) is 3.38. The summed E-state index contributed by atoms with van der Waals surface area (Å²) in [5.74, 6) is 2.90. The summed E-state index contributed by atoms with van der Waals surface area (Å²) in [6.07, 6.45) is 11.9.